The highest BCUT2D eigenvalue weighted by Gasteiger charge is 2.47. The summed E-state index contributed by atoms with van der Waals surface area (Å²) in [5, 5.41) is 13.2. The Kier molecular flexibility index (Phi) is 3.46. The summed E-state index contributed by atoms with van der Waals surface area (Å²) in [4.78, 5) is 4.35. The van der Waals surface area contributed by atoms with E-state index in [0.29, 0.717) is 5.41 Å². The molecule has 4 heteroatoms. The molecule has 3 fully saturated rings. The van der Waals surface area contributed by atoms with Gasteiger partial charge in [-0.2, -0.15) is 0 Å². The number of anilines is 1. The largest absolute Gasteiger partial charge is 0.389 e. The Balaban J connectivity index is 1.68. The van der Waals surface area contributed by atoms with Crippen LogP contribution in [0.2, 0.25) is 0 Å². The Hall–Kier alpha value is -1.13. The summed E-state index contributed by atoms with van der Waals surface area (Å²) in [6, 6.07) is 3.77. The lowest BCUT2D eigenvalue weighted by atomic mass is 9.67. The minimum Gasteiger partial charge on any atom is -0.389 e. The van der Waals surface area contributed by atoms with Crippen molar-refractivity contribution in [2.45, 2.75) is 51.2 Å². The molecule has 110 valence electrons. The third-order valence-corrected chi connectivity index (χ3v) is 4.96. The molecule has 0 amide bonds. The van der Waals surface area contributed by atoms with E-state index in [0.717, 1.165) is 37.4 Å². The Morgan fingerprint density at radius 1 is 1.40 bits per heavy atom. The van der Waals surface area contributed by atoms with Crippen LogP contribution in [0.15, 0.2) is 18.3 Å². The van der Waals surface area contributed by atoms with Crippen molar-refractivity contribution >= 4 is 5.82 Å². The van der Waals surface area contributed by atoms with Gasteiger partial charge in [0.2, 0.25) is 0 Å². The van der Waals surface area contributed by atoms with E-state index in [9.17, 15) is 5.11 Å². The van der Waals surface area contributed by atoms with E-state index in [-0.39, 0.29) is 5.60 Å². The van der Waals surface area contributed by atoms with E-state index in [1.54, 1.807) is 13.1 Å². The van der Waals surface area contributed by atoms with Crippen molar-refractivity contribution < 1.29 is 9.84 Å². The Morgan fingerprint density at radius 3 is 2.75 bits per heavy atom. The standard InChI is InChI=1S/C16H24N2O2/c1-12(19)13-4-3-9-17-14(13)18-10-16-7-5-15(2,6-8-16)11-20-16/h3-4,9,12,19H,5-8,10-11H2,1-2H3,(H,17,18)/t12-,15?,16?/m0/s1. The lowest BCUT2D eigenvalue weighted by molar-refractivity contribution is -0.169. The van der Waals surface area contributed by atoms with Crippen molar-refractivity contribution in [2.24, 2.45) is 5.41 Å². The summed E-state index contributed by atoms with van der Waals surface area (Å²) in [5.41, 5.74) is 1.21. The van der Waals surface area contributed by atoms with E-state index in [1.165, 1.54) is 12.8 Å². The highest BCUT2D eigenvalue weighted by molar-refractivity contribution is 5.45. The molecule has 4 nitrogen and oxygen atoms in total. The van der Waals surface area contributed by atoms with Gasteiger partial charge in [0.15, 0.2) is 0 Å². The maximum atomic E-state index is 9.79. The van der Waals surface area contributed by atoms with E-state index in [1.807, 2.05) is 12.1 Å². The van der Waals surface area contributed by atoms with Gasteiger partial charge in [0.05, 0.1) is 18.3 Å². The first-order chi connectivity index (χ1) is 9.52. The first kappa shape index (κ1) is 13.8. The van der Waals surface area contributed by atoms with Crippen LogP contribution in [0, 0.1) is 5.41 Å². The number of fused-ring (bicyclic) bond motifs is 3. The fourth-order valence-corrected chi connectivity index (χ4v) is 3.30. The van der Waals surface area contributed by atoms with E-state index < -0.39 is 6.10 Å². The SMILES string of the molecule is C[C@H](O)c1cccnc1NCC12CCC(C)(CC1)CO2. The molecule has 3 aliphatic rings. The predicted octanol–water partition coefficient (Wildman–Crippen LogP) is 2.90. The Morgan fingerprint density at radius 2 is 2.15 bits per heavy atom. The van der Waals surface area contributed by atoms with Gasteiger partial charge in [0.1, 0.15) is 5.82 Å². The molecule has 4 rings (SSSR count). The zero-order valence-electron chi connectivity index (χ0n) is 12.4. The molecule has 3 heterocycles. The van der Waals surface area contributed by atoms with Crippen LogP contribution in [-0.4, -0.2) is 28.8 Å². The third kappa shape index (κ3) is 2.54. The molecule has 20 heavy (non-hydrogen) atoms. The zero-order valence-corrected chi connectivity index (χ0v) is 12.4. The number of nitrogens with one attached hydrogen (secondary N) is 1. The lowest BCUT2D eigenvalue weighted by Crippen LogP contribution is -2.53. The van der Waals surface area contributed by atoms with E-state index >= 15 is 0 Å². The Labute approximate surface area is 120 Å². The van der Waals surface area contributed by atoms with Crippen LogP contribution in [0.5, 0.6) is 0 Å². The van der Waals surface area contributed by atoms with Gasteiger partial charge in [-0.1, -0.05) is 13.0 Å². The Bertz CT molecular complexity index is 463. The van der Waals surface area contributed by atoms with Crippen molar-refractivity contribution in [3.63, 3.8) is 0 Å². The first-order valence-electron chi connectivity index (χ1n) is 7.53. The molecule has 2 N–H and O–H groups in total. The molecule has 2 bridgehead atoms. The highest BCUT2D eigenvalue weighted by atomic mass is 16.5. The number of ether oxygens (including phenoxy) is 1. The lowest BCUT2D eigenvalue weighted by Gasteiger charge is -2.51. The second-order valence-corrected chi connectivity index (χ2v) is 6.75. The highest BCUT2D eigenvalue weighted by Crippen LogP contribution is 2.48. The molecule has 0 spiro atoms. The second-order valence-electron chi connectivity index (χ2n) is 6.75. The summed E-state index contributed by atoms with van der Waals surface area (Å²) in [6.07, 6.45) is 5.98. The molecule has 1 atom stereocenters. The van der Waals surface area contributed by atoms with Gasteiger partial charge in [-0.3, -0.25) is 0 Å². The van der Waals surface area contributed by atoms with Crippen molar-refractivity contribution in [3.05, 3.63) is 23.9 Å². The van der Waals surface area contributed by atoms with Crippen LogP contribution in [0.1, 0.15) is 51.2 Å². The molecule has 0 radical (unpaired) electrons. The summed E-state index contributed by atoms with van der Waals surface area (Å²) in [7, 11) is 0. The van der Waals surface area contributed by atoms with Gasteiger partial charge < -0.3 is 15.2 Å². The van der Waals surface area contributed by atoms with Gasteiger partial charge in [-0.15, -0.1) is 0 Å². The van der Waals surface area contributed by atoms with Crippen molar-refractivity contribution in [3.8, 4) is 0 Å². The summed E-state index contributed by atoms with van der Waals surface area (Å²) in [5.74, 6) is 0.777. The average Bonchev–Trinajstić information content (AvgIpc) is 2.47. The van der Waals surface area contributed by atoms with Crippen molar-refractivity contribution in [1.29, 1.82) is 0 Å². The van der Waals surface area contributed by atoms with Gasteiger partial charge in [0.25, 0.3) is 0 Å². The quantitative estimate of drug-likeness (QED) is 0.888. The van der Waals surface area contributed by atoms with Gasteiger partial charge >= 0.3 is 0 Å². The molecule has 1 aromatic rings. The van der Waals surface area contributed by atoms with Crippen LogP contribution in [0.25, 0.3) is 0 Å². The first-order valence-corrected chi connectivity index (χ1v) is 7.53. The van der Waals surface area contributed by atoms with E-state index in [4.69, 9.17) is 4.74 Å². The number of aromatic nitrogens is 1. The molecule has 1 saturated carbocycles. The number of pyridine rings is 1. The second kappa shape index (κ2) is 5.01. The summed E-state index contributed by atoms with van der Waals surface area (Å²) < 4.78 is 6.14. The van der Waals surface area contributed by atoms with Crippen molar-refractivity contribution in [2.75, 3.05) is 18.5 Å². The number of nitrogens with zero attached hydrogens (tertiary/aromatic N) is 1. The minimum absolute atomic E-state index is 0.0365. The number of hydrogen-bond donors (Lipinski definition) is 2. The summed E-state index contributed by atoms with van der Waals surface area (Å²) >= 11 is 0. The van der Waals surface area contributed by atoms with Gasteiger partial charge in [-0.05, 0) is 44.1 Å². The minimum atomic E-state index is -0.509. The summed E-state index contributed by atoms with van der Waals surface area (Å²) in [6.45, 7) is 5.75. The number of hydrogen-bond acceptors (Lipinski definition) is 4. The average molecular weight is 276 g/mol. The zero-order chi connectivity index (χ0) is 14.2. The van der Waals surface area contributed by atoms with Crippen LogP contribution in [0.3, 0.4) is 0 Å². The van der Waals surface area contributed by atoms with Crippen LogP contribution >= 0.6 is 0 Å². The van der Waals surface area contributed by atoms with Crippen LogP contribution in [0.4, 0.5) is 5.82 Å². The smallest absolute Gasteiger partial charge is 0.131 e. The molecule has 1 aromatic heterocycles. The molecule has 2 saturated heterocycles. The number of rotatable bonds is 4. The third-order valence-electron chi connectivity index (χ3n) is 4.96. The van der Waals surface area contributed by atoms with Gasteiger partial charge in [0, 0.05) is 18.3 Å². The fraction of sp³-hybridized carbons (Fsp3) is 0.688. The molecule has 2 aliphatic heterocycles. The normalized spacial score (nSPS) is 34.0. The monoisotopic (exact) mass is 276 g/mol. The molecule has 0 unspecified atom stereocenters. The molecular weight excluding hydrogens is 252 g/mol. The number of aliphatic hydroxyl groups excluding tert-OH is 1. The molecule has 1 aliphatic carbocycles. The fourth-order valence-electron chi connectivity index (χ4n) is 3.30. The molecule has 0 aromatic carbocycles. The predicted molar refractivity (Wildman–Crippen MR) is 78.6 cm³/mol. The maximum Gasteiger partial charge on any atom is 0.131 e. The van der Waals surface area contributed by atoms with Crippen LogP contribution in [-0.2, 0) is 4.74 Å². The maximum absolute atomic E-state index is 9.79. The van der Waals surface area contributed by atoms with Crippen LogP contribution < -0.4 is 5.32 Å². The molecular formula is C16H24N2O2. The topological polar surface area (TPSA) is 54.4 Å². The van der Waals surface area contributed by atoms with E-state index in [2.05, 4.69) is 17.2 Å². The van der Waals surface area contributed by atoms with Crippen molar-refractivity contribution in [1.82, 2.24) is 4.98 Å². The van der Waals surface area contributed by atoms with Gasteiger partial charge in [-0.25, -0.2) is 4.98 Å². The number of aliphatic hydroxyl groups is 1.